The van der Waals surface area contributed by atoms with E-state index < -0.39 is 55.7 Å². The number of Topliss-reactive ketones (excluding diaryl/α,β-unsaturated/α-hetero) is 1. The number of carbonyl (C=O) groups excluding carboxylic acids is 3. The van der Waals surface area contributed by atoms with E-state index in [0.29, 0.717) is 24.3 Å². The number of aromatic hydroxyl groups is 1. The third-order valence-corrected chi connectivity index (χ3v) is 37.5. The number of aromatic carboxylic acids is 1. The molecule has 0 amide bonds. The number of carbonyl (C=O) groups is 4. The molecule has 5 saturated carbocycles. The van der Waals surface area contributed by atoms with Gasteiger partial charge in [-0.3, -0.25) is 14.4 Å². The van der Waals surface area contributed by atoms with Gasteiger partial charge in [0.2, 0.25) is 0 Å². The van der Waals surface area contributed by atoms with Crippen molar-refractivity contribution in [3.05, 3.63) is 388 Å². The van der Waals surface area contributed by atoms with E-state index in [4.69, 9.17) is 19.7 Å². The molecule has 13 aromatic carbocycles. The molecule has 5 fully saturated rings. The van der Waals surface area contributed by atoms with Gasteiger partial charge in [-0.2, -0.15) is 13.2 Å². The zero-order valence-corrected chi connectivity index (χ0v) is 85.6. The van der Waals surface area contributed by atoms with Crippen LogP contribution in [0.1, 0.15) is 173 Å². The van der Waals surface area contributed by atoms with Crippen LogP contribution in [0.3, 0.4) is 0 Å². The topological polar surface area (TPSA) is 231 Å². The molecule has 0 radical (unpaired) electrons. The number of fused-ring (bicyclic) bond motifs is 2. The highest BCUT2D eigenvalue weighted by molar-refractivity contribution is 7.98. The minimum Gasteiger partial charge on any atom is -0.748 e. The molecule has 5 aliphatic carbocycles. The van der Waals surface area contributed by atoms with Crippen LogP contribution in [0.2, 0.25) is 0 Å². The number of hydrogen-bond donors (Lipinski definition) is 3. The highest BCUT2D eigenvalue weighted by atomic mass is 32.2. The zero-order valence-electron chi connectivity index (χ0n) is 80.7. The second-order valence-corrected chi connectivity index (χ2v) is 47.6. The van der Waals surface area contributed by atoms with Gasteiger partial charge in [0.25, 0.3) is 0 Å². The van der Waals surface area contributed by atoms with Gasteiger partial charge in [0.1, 0.15) is 29.3 Å². The number of ketones is 1. The maximum absolute atomic E-state index is 13.0. The van der Waals surface area contributed by atoms with E-state index in [0.717, 1.165) is 108 Å². The van der Waals surface area contributed by atoms with E-state index in [1.165, 1.54) is 78.8 Å². The second-order valence-electron chi connectivity index (χ2n) is 35.8. The summed E-state index contributed by atoms with van der Waals surface area (Å²) < 4.78 is 104. The second kappa shape index (κ2) is 56.6. The number of carboxylic acid groups (broad SMARTS) is 1. The Morgan fingerprint density at radius 1 is 0.426 bits per heavy atom. The number of benzene rings is 13. The Hall–Kier alpha value is -11.3. The highest BCUT2D eigenvalue weighted by Gasteiger charge is 2.64. The molecule has 0 spiro atoms. The van der Waals surface area contributed by atoms with Crippen LogP contribution in [0.25, 0.3) is 0 Å². The van der Waals surface area contributed by atoms with Gasteiger partial charge >= 0.3 is 24.1 Å². The van der Waals surface area contributed by atoms with E-state index >= 15 is 0 Å². The van der Waals surface area contributed by atoms with Gasteiger partial charge in [-0.05, 0) is 271 Å². The molecule has 23 heteroatoms. The highest BCUT2D eigenvalue weighted by Crippen LogP contribution is 2.64. The molecule has 13 aromatic rings. The lowest BCUT2D eigenvalue weighted by molar-refractivity contribution is -0.161. The fourth-order valence-corrected chi connectivity index (χ4v) is 29.4. The number of alkyl halides is 3. The summed E-state index contributed by atoms with van der Waals surface area (Å²) in [6.45, 7) is 7.12. The molecule has 0 aromatic heterocycles. The monoisotopic (exact) mass is 2020 g/mol. The van der Waals surface area contributed by atoms with Gasteiger partial charge in [0, 0.05) is 11.8 Å². The number of ether oxygens (including phenoxy) is 2. The quantitative estimate of drug-likeness (QED) is 0.0198. The lowest BCUT2D eigenvalue weighted by Gasteiger charge is -2.37. The molecule has 5 aliphatic rings. The van der Waals surface area contributed by atoms with Crippen molar-refractivity contribution < 1.29 is 73.4 Å². The molecule has 14 nitrogen and oxygen atoms in total. The molecule has 3 unspecified atom stereocenters. The van der Waals surface area contributed by atoms with Crippen molar-refractivity contribution in [1.82, 2.24) is 5.32 Å². The summed E-state index contributed by atoms with van der Waals surface area (Å²) in [5.41, 5.74) is -1.29. The number of sulfone groups is 1. The molecule has 0 aliphatic heterocycles. The smallest absolute Gasteiger partial charge is 0.401 e. The number of halogens is 3. The summed E-state index contributed by atoms with van der Waals surface area (Å²) in [6, 6.07) is 131. The van der Waals surface area contributed by atoms with E-state index in [-0.39, 0.29) is 108 Å². The van der Waals surface area contributed by atoms with Crippen molar-refractivity contribution in [2.45, 2.75) is 250 Å². The number of nitrogens with one attached hydrogen (secondary N) is 1. The summed E-state index contributed by atoms with van der Waals surface area (Å²) in [5.74, 6) is -2.49. The molecule has 18 rings (SSSR count). The van der Waals surface area contributed by atoms with Crippen LogP contribution in [0.4, 0.5) is 13.2 Å². The van der Waals surface area contributed by atoms with E-state index in [1.54, 1.807) is 19.1 Å². The standard InChI is InChI=1S/C24H25O2S2.3C18H15S.C17H28O4.C10H16O4S.C7H6O3.C6H12F3N/c25-28(26,23-14-8-3-9-15-23)24-18-16-22(17-19-24)27(20-10-4-1-5-11-20)21-12-6-2-7-13-21;3*1-4-10-16(11-5-1)19(17-12-6-2-7-13-17)18-14-8-3-9-15-18;1-13(17(19)21-15-10-6-3-7-11-15)12-16(18)20-14-8-4-2-5-9-14;1-9(2)7-3-4-10(9,8(11)5-7)6-15(12,13)14;8-6-4-2-1-3-5(6)7(9)10;1-2-3-4-10-5-6(7,8)9/h1-2,4-7,10-13,16-19,23H,3,8-9,14-15H2;3*1-15H;13-15H,2-12H2,1H3;7H,3-6H2,1-2H3,(H,12,13,14);1-4,8H,(H,9,10);10H,2-5H2,1H3/q4*+1;;;;/p-1. The number of unbranched alkanes of at least 4 members (excludes halogenated alkanes) is 1. The lowest BCUT2D eigenvalue weighted by Crippen LogP contribution is -2.42. The maximum atomic E-state index is 13.0. The van der Waals surface area contributed by atoms with E-state index in [1.807, 2.05) is 57.2 Å². The largest absolute Gasteiger partial charge is 0.748 e. The Morgan fingerprint density at radius 3 is 0.979 bits per heavy atom. The number of carboxylic acids is 1. The molecule has 2 bridgehead atoms. The van der Waals surface area contributed by atoms with Gasteiger partial charge in [0.05, 0.1) is 88.5 Å². The van der Waals surface area contributed by atoms with E-state index in [2.05, 4.69) is 327 Å². The Morgan fingerprint density at radius 2 is 0.716 bits per heavy atom. The minimum absolute atomic E-state index is 0.0146. The van der Waals surface area contributed by atoms with Gasteiger partial charge in [-0.1, -0.05) is 279 Å². The predicted octanol–water partition coefficient (Wildman–Crippen LogP) is 28.0. The molecule has 0 saturated heterocycles. The van der Waals surface area contributed by atoms with Gasteiger partial charge in [0.15, 0.2) is 68.6 Å². The number of hydrogen-bond acceptors (Lipinski definition) is 13. The molecule has 3 atom stereocenters. The first-order valence-electron chi connectivity index (χ1n) is 48.6. The molecule has 3 N–H and O–H groups in total. The first kappa shape index (κ1) is 110. The van der Waals surface area contributed by atoms with Gasteiger partial charge in [-0.25, -0.2) is 21.6 Å². The average Bonchev–Trinajstić information content (AvgIpc) is 1.55. The fraction of sp³-hybridized carbons (Fsp3) is 0.305. The van der Waals surface area contributed by atoms with Crippen LogP contribution in [-0.2, 0) is 87.4 Å². The molecular formula is C118H131F3NO13S6+3. The Balaban J connectivity index is 0.000000157. The van der Waals surface area contributed by atoms with Crippen LogP contribution in [0.5, 0.6) is 5.75 Å². The zero-order chi connectivity index (χ0) is 100. The minimum atomic E-state index is -4.33. The van der Waals surface area contributed by atoms with Crippen molar-refractivity contribution in [1.29, 1.82) is 0 Å². The Labute approximate surface area is 844 Å². The molecular weight excluding hydrogens is 1890 g/mol. The van der Waals surface area contributed by atoms with Crippen molar-refractivity contribution in [2.75, 3.05) is 18.8 Å². The maximum Gasteiger partial charge on any atom is 0.401 e. The summed E-state index contributed by atoms with van der Waals surface area (Å²) in [5, 5.41) is 19.4. The summed E-state index contributed by atoms with van der Waals surface area (Å²) in [7, 11) is -7.85. The first-order valence-corrected chi connectivity index (χ1v) is 56.7. The van der Waals surface area contributed by atoms with Crippen LogP contribution < -0.4 is 5.32 Å². The van der Waals surface area contributed by atoms with Gasteiger partial charge < -0.3 is 29.6 Å². The van der Waals surface area contributed by atoms with Crippen molar-refractivity contribution >= 4 is 87.2 Å². The number of phenols is 1. The number of rotatable bonds is 26. The summed E-state index contributed by atoms with van der Waals surface area (Å²) in [4.78, 5) is 62.3. The van der Waals surface area contributed by atoms with Crippen LogP contribution >= 0.6 is 0 Å². The number of esters is 2. The van der Waals surface area contributed by atoms with Crippen molar-refractivity contribution in [3.63, 3.8) is 0 Å². The summed E-state index contributed by atoms with van der Waals surface area (Å²) >= 11 is 0. The third kappa shape index (κ3) is 34.2. The molecule has 0 heterocycles. The molecule has 141 heavy (non-hydrogen) atoms. The first-order chi connectivity index (χ1) is 68.1. The van der Waals surface area contributed by atoms with E-state index in [9.17, 15) is 53.7 Å². The average molecular weight is 2020 g/mol. The van der Waals surface area contributed by atoms with Crippen LogP contribution in [0, 0.1) is 22.7 Å². The number of para-hydroxylation sites is 1. The Bertz CT molecular complexity index is 5490. The Kier molecular flexibility index (Phi) is 44.2. The fourth-order valence-electron chi connectivity index (χ4n) is 17.9. The predicted molar refractivity (Wildman–Crippen MR) is 562 cm³/mol. The lowest BCUT2D eigenvalue weighted by atomic mass is 9.70. The van der Waals surface area contributed by atoms with Crippen LogP contribution in [-0.4, -0.2) is 97.8 Å². The molecule has 740 valence electrons. The normalized spacial score (nSPS) is 16.3. The van der Waals surface area contributed by atoms with Crippen molar-refractivity contribution in [3.8, 4) is 5.75 Å². The SMILES string of the molecule is CC(CC(=O)OC1CCCCC1)C(=O)OC1CCCCC1.CC1(C)C2CCC1(CS(=O)(=O)[O-])C(=O)C2.CCCCNCC(F)(F)F.O=C(O)c1ccccc1O.O=S(=O)(c1ccc([S+](c2ccccc2)c2ccccc2)cc1)C1CCCCC1.c1ccc([S+](c2ccccc2)c2ccccc2)cc1.c1ccc([S+](c2ccccc2)c2ccccc2)cc1.c1ccc([S+](c2ccccc2)c2ccccc2)cc1. The summed E-state index contributed by atoms with van der Waals surface area (Å²) in [6.07, 6.45) is 15.5. The van der Waals surface area contributed by atoms with Crippen molar-refractivity contribution in [2.24, 2.45) is 22.7 Å². The third-order valence-electron chi connectivity index (χ3n) is 25.4. The van der Waals surface area contributed by atoms with Gasteiger partial charge in [-0.15, -0.1) is 0 Å². The van der Waals surface area contributed by atoms with Crippen LogP contribution in [0.15, 0.2) is 446 Å².